The van der Waals surface area contributed by atoms with Crippen molar-refractivity contribution in [3.63, 3.8) is 0 Å². The van der Waals surface area contributed by atoms with E-state index in [0.717, 1.165) is 108 Å². The van der Waals surface area contributed by atoms with Crippen molar-refractivity contribution in [1.82, 2.24) is 10.2 Å². The molecular weight excluding hydrogens is 984 g/mol. The molecule has 11 nitrogen and oxygen atoms in total. The third kappa shape index (κ3) is 37.6. The summed E-state index contributed by atoms with van der Waals surface area (Å²) < 4.78 is 24.4. The first-order valence-electron chi connectivity index (χ1n) is 28.6. The van der Waals surface area contributed by atoms with Gasteiger partial charge in [0.25, 0.3) is 0 Å². The van der Waals surface area contributed by atoms with Crippen molar-refractivity contribution in [3.8, 4) is 0 Å². The van der Waals surface area contributed by atoms with Gasteiger partial charge in [0.2, 0.25) is 0 Å². The summed E-state index contributed by atoms with van der Waals surface area (Å²) in [5, 5.41) is 23.0. The van der Waals surface area contributed by atoms with Gasteiger partial charge in [-0.3, -0.25) is 4.79 Å². The highest BCUT2D eigenvalue weighted by molar-refractivity contribution is 14.1. The Hall–Kier alpha value is -1.74. The lowest BCUT2D eigenvalue weighted by Gasteiger charge is -2.24. The molecule has 3 N–H and O–H groups in total. The molecule has 3 atom stereocenters. The summed E-state index contributed by atoms with van der Waals surface area (Å²) in [5.41, 5.74) is 1.59. The fourth-order valence-electron chi connectivity index (χ4n) is 8.98. The van der Waals surface area contributed by atoms with Gasteiger partial charge in [-0.25, -0.2) is 9.59 Å². The Morgan fingerprint density at radius 2 is 1.12 bits per heavy atom. The second-order valence-corrected chi connectivity index (χ2v) is 20.8. The number of hydrogen-bond donors (Lipinski definition) is 3. The highest BCUT2D eigenvalue weighted by atomic mass is 127. The van der Waals surface area contributed by atoms with Crippen molar-refractivity contribution < 1.29 is 43.5 Å². The second kappa shape index (κ2) is 48.5. The molecule has 0 aliphatic heterocycles. The summed E-state index contributed by atoms with van der Waals surface area (Å²) in [4.78, 5) is 41.1. The maximum atomic E-state index is 13.5. The van der Waals surface area contributed by atoms with Gasteiger partial charge in [0.05, 0.1) is 25.7 Å². The van der Waals surface area contributed by atoms with Crippen LogP contribution in [0.3, 0.4) is 0 Å². The maximum absolute atomic E-state index is 13.5. The number of aliphatic hydroxyl groups excluding tert-OH is 2. The number of rotatable bonds is 50. The molecule has 0 aromatic carbocycles. The Kier molecular flexibility index (Phi) is 45.9. The van der Waals surface area contributed by atoms with E-state index in [4.69, 9.17) is 24.1 Å². The Balaban J connectivity index is 2.67. The van der Waals surface area contributed by atoms with Crippen LogP contribution in [0, 0.1) is 11.8 Å². The van der Waals surface area contributed by atoms with E-state index in [2.05, 4.69) is 48.7 Å². The van der Waals surface area contributed by atoms with E-state index in [1.54, 1.807) is 6.08 Å². The number of carbonyl (C=O) groups excluding carboxylic acids is 3. The zero-order valence-corrected chi connectivity index (χ0v) is 46.7. The van der Waals surface area contributed by atoms with E-state index in [0.29, 0.717) is 70.8 Å². The topological polar surface area (TPSA) is 144 Å². The van der Waals surface area contributed by atoms with Crippen molar-refractivity contribution in [3.05, 3.63) is 23.3 Å². The summed E-state index contributed by atoms with van der Waals surface area (Å²) in [5.74, 6) is -0.101. The van der Waals surface area contributed by atoms with E-state index in [9.17, 15) is 19.5 Å². The standard InChI is InChI=1S/C57H105IN2O9/c1-4-7-10-13-15-24-34-51(32-22-11-8-5-2)54(62)66-46-29-20-18-27-43-60(57(65)69-49-50-36-38-53(39-37-50)56(64)68-48-31-41-59-42-45-61)44-28-19-21-30-47-67-55(63)52(33-23-12-9-6-3)35-25-16-14-17-26-40-58/h36,38,51-52,55,59,61,63H,4-35,37,39-49H2,1-3H3. The van der Waals surface area contributed by atoms with Gasteiger partial charge >= 0.3 is 18.0 Å². The monoisotopic (exact) mass is 1090 g/mol. The van der Waals surface area contributed by atoms with E-state index in [-0.39, 0.29) is 43.1 Å². The molecule has 0 radical (unpaired) electrons. The van der Waals surface area contributed by atoms with Crippen LogP contribution in [0.4, 0.5) is 4.79 Å². The number of unbranched alkanes of at least 4 members (excludes halogenated alkanes) is 21. The highest BCUT2D eigenvalue weighted by Gasteiger charge is 2.22. The number of hydrogen-bond acceptors (Lipinski definition) is 10. The molecule has 1 aliphatic rings. The molecule has 12 heteroatoms. The zero-order valence-electron chi connectivity index (χ0n) is 44.6. The summed E-state index contributed by atoms with van der Waals surface area (Å²) >= 11 is 2.46. The predicted molar refractivity (Wildman–Crippen MR) is 293 cm³/mol. The van der Waals surface area contributed by atoms with Crippen LogP contribution in [0.15, 0.2) is 23.3 Å². The fourth-order valence-corrected chi connectivity index (χ4v) is 9.52. The quantitative estimate of drug-likeness (QED) is 0.0134. The third-order valence-electron chi connectivity index (χ3n) is 13.5. The van der Waals surface area contributed by atoms with Gasteiger partial charge in [-0.1, -0.05) is 190 Å². The third-order valence-corrected chi connectivity index (χ3v) is 14.3. The first-order chi connectivity index (χ1) is 33.8. The number of ether oxygens (including phenoxy) is 4. The van der Waals surface area contributed by atoms with E-state index >= 15 is 0 Å². The van der Waals surface area contributed by atoms with Gasteiger partial charge in [0.1, 0.15) is 6.61 Å². The lowest BCUT2D eigenvalue weighted by Crippen LogP contribution is -2.34. The van der Waals surface area contributed by atoms with Gasteiger partial charge in [0, 0.05) is 37.7 Å². The Labute approximate surface area is 436 Å². The minimum atomic E-state index is -0.698. The molecular formula is C57H105IN2O9. The van der Waals surface area contributed by atoms with Crippen LogP contribution in [-0.2, 0) is 28.5 Å². The van der Waals surface area contributed by atoms with E-state index < -0.39 is 6.29 Å². The molecule has 3 unspecified atom stereocenters. The van der Waals surface area contributed by atoms with Gasteiger partial charge in [-0.05, 0) is 100 Å². The summed E-state index contributed by atoms with van der Waals surface area (Å²) in [6.07, 6.45) is 38.8. The van der Waals surface area contributed by atoms with Crippen LogP contribution in [-0.4, -0.2) is 103 Å². The van der Waals surface area contributed by atoms with Crippen LogP contribution in [0.2, 0.25) is 0 Å². The SMILES string of the molecule is CCCCCCCCC(CCCCCC)C(=O)OCCCCCCN(CCCCCCOC(O)C(CCCCCC)CCCCCCCI)C(=O)OCC1=CC=C(C(=O)OCCCNCCO)CC1. The van der Waals surface area contributed by atoms with Crippen molar-refractivity contribution in [1.29, 1.82) is 0 Å². The number of alkyl halides is 1. The summed E-state index contributed by atoms with van der Waals surface area (Å²) in [7, 11) is 0. The van der Waals surface area contributed by atoms with Gasteiger partial charge < -0.3 is 39.4 Å². The van der Waals surface area contributed by atoms with Gasteiger partial charge in [0.15, 0.2) is 6.29 Å². The molecule has 0 saturated heterocycles. The number of allylic oxidation sites excluding steroid dienone is 2. The van der Waals surface area contributed by atoms with Gasteiger partial charge in [-0.15, -0.1) is 0 Å². The molecule has 0 heterocycles. The largest absolute Gasteiger partial charge is 0.465 e. The second-order valence-electron chi connectivity index (χ2n) is 19.7. The highest BCUT2D eigenvalue weighted by Crippen LogP contribution is 2.25. The minimum absolute atomic E-state index is 0.0132. The van der Waals surface area contributed by atoms with Crippen molar-refractivity contribution in [2.45, 2.75) is 245 Å². The number of aliphatic hydroxyl groups is 2. The first kappa shape index (κ1) is 65.3. The van der Waals surface area contributed by atoms with Crippen LogP contribution in [0.1, 0.15) is 239 Å². The number of halogens is 1. The molecule has 404 valence electrons. The lowest BCUT2D eigenvalue weighted by molar-refractivity contribution is -0.149. The van der Waals surface area contributed by atoms with Crippen LogP contribution < -0.4 is 5.32 Å². The van der Waals surface area contributed by atoms with Crippen LogP contribution >= 0.6 is 22.6 Å². The number of carbonyl (C=O) groups is 3. The number of nitrogens with one attached hydrogen (secondary N) is 1. The normalized spacial score (nSPS) is 13.9. The van der Waals surface area contributed by atoms with E-state index in [1.165, 1.54) is 101 Å². The molecule has 0 saturated carbocycles. The fraction of sp³-hybridized carbons (Fsp3) is 0.877. The van der Waals surface area contributed by atoms with Crippen LogP contribution in [0.25, 0.3) is 0 Å². The maximum Gasteiger partial charge on any atom is 0.410 e. The Morgan fingerprint density at radius 1 is 0.594 bits per heavy atom. The molecule has 69 heavy (non-hydrogen) atoms. The Morgan fingerprint density at radius 3 is 1.70 bits per heavy atom. The average molecular weight is 1090 g/mol. The smallest absolute Gasteiger partial charge is 0.410 e. The minimum Gasteiger partial charge on any atom is -0.465 e. The molecule has 0 bridgehead atoms. The number of amides is 1. The predicted octanol–water partition coefficient (Wildman–Crippen LogP) is 14.3. The van der Waals surface area contributed by atoms with Crippen molar-refractivity contribution in [2.75, 3.05) is 63.6 Å². The molecule has 0 aromatic rings. The first-order valence-corrected chi connectivity index (χ1v) is 30.1. The molecule has 1 amide bonds. The van der Waals surface area contributed by atoms with Gasteiger partial charge in [-0.2, -0.15) is 0 Å². The van der Waals surface area contributed by atoms with Crippen molar-refractivity contribution >= 4 is 40.6 Å². The summed E-state index contributed by atoms with van der Waals surface area (Å²) in [6.45, 7) is 10.7. The molecule has 1 aliphatic carbocycles. The summed E-state index contributed by atoms with van der Waals surface area (Å²) in [6, 6.07) is 0. The Bertz CT molecular complexity index is 1280. The molecule has 1 rings (SSSR count). The average Bonchev–Trinajstić information content (AvgIpc) is 3.36. The number of esters is 2. The van der Waals surface area contributed by atoms with Crippen LogP contribution in [0.5, 0.6) is 0 Å². The van der Waals surface area contributed by atoms with Crippen molar-refractivity contribution in [2.24, 2.45) is 11.8 Å². The molecule has 0 spiro atoms. The molecule has 0 fully saturated rings. The lowest BCUT2D eigenvalue weighted by atomic mass is 9.93. The number of nitrogens with zero attached hydrogens (tertiary/aromatic N) is 1. The molecule has 0 aromatic heterocycles. The zero-order chi connectivity index (χ0) is 50.3. The van der Waals surface area contributed by atoms with E-state index in [1.807, 2.05) is 11.0 Å².